The number of rotatable bonds is 1. The number of hydrogen-bond acceptors (Lipinski definition) is 4. The standard InChI is InChI=1S/C6H4BrNO2.C3H3NS/c7-5-2-1-3-6(4-5)8(9)10;1-2-5-3-4-1/h1-4H;1-3H. The van der Waals surface area contributed by atoms with Crippen molar-refractivity contribution in [1.29, 1.82) is 0 Å². The van der Waals surface area contributed by atoms with Gasteiger partial charge in [0.1, 0.15) is 0 Å². The third-order valence-electron chi connectivity index (χ3n) is 1.37. The first-order valence-corrected chi connectivity index (χ1v) is 5.66. The van der Waals surface area contributed by atoms with Gasteiger partial charge in [-0.15, -0.1) is 11.3 Å². The summed E-state index contributed by atoms with van der Waals surface area (Å²) in [5.41, 5.74) is 1.90. The summed E-state index contributed by atoms with van der Waals surface area (Å²) in [4.78, 5) is 13.5. The van der Waals surface area contributed by atoms with Crippen LogP contribution in [0.4, 0.5) is 5.69 Å². The zero-order valence-corrected chi connectivity index (χ0v) is 9.94. The van der Waals surface area contributed by atoms with Crippen molar-refractivity contribution in [2.24, 2.45) is 0 Å². The summed E-state index contributed by atoms with van der Waals surface area (Å²) < 4.78 is 0.724. The Morgan fingerprint density at radius 1 is 1.47 bits per heavy atom. The lowest BCUT2D eigenvalue weighted by atomic mass is 10.3. The molecule has 0 unspecified atom stereocenters. The molecule has 1 heterocycles. The lowest BCUT2D eigenvalue weighted by molar-refractivity contribution is -0.384. The van der Waals surface area contributed by atoms with E-state index in [4.69, 9.17) is 0 Å². The van der Waals surface area contributed by atoms with Crippen LogP contribution in [0.15, 0.2) is 45.8 Å². The lowest BCUT2D eigenvalue weighted by Gasteiger charge is -1.89. The monoisotopic (exact) mass is 286 g/mol. The fourth-order valence-corrected chi connectivity index (χ4v) is 1.50. The quantitative estimate of drug-likeness (QED) is 0.595. The van der Waals surface area contributed by atoms with Gasteiger partial charge in [-0.3, -0.25) is 15.1 Å². The molecule has 4 nitrogen and oxygen atoms in total. The molecule has 0 aliphatic carbocycles. The first-order chi connectivity index (χ1) is 7.20. The van der Waals surface area contributed by atoms with E-state index < -0.39 is 4.92 Å². The Morgan fingerprint density at radius 3 is 2.60 bits per heavy atom. The number of benzene rings is 1. The number of nitrogens with zero attached hydrogens (tertiary/aromatic N) is 2. The molecule has 0 amide bonds. The Labute approximate surface area is 98.9 Å². The summed E-state index contributed by atoms with van der Waals surface area (Å²) in [5.74, 6) is 0. The van der Waals surface area contributed by atoms with Crippen LogP contribution in [0.1, 0.15) is 0 Å². The number of thiazole rings is 1. The Balaban J connectivity index is 0.000000187. The van der Waals surface area contributed by atoms with Gasteiger partial charge in [-0.05, 0) is 6.07 Å². The van der Waals surface area contributed by atoms with Gasteiger partial charge in [-0.2, -0.15) is 0 Å². The topological polar surface area (TPSA) is 56.0 Å². The molecular formula is C9H7BrN2O2S. The minimum atomic E-state index is -0.426. The number of aromatic nitrogens is 1. The van der Waals surface area contributed by atoms with E-state index in [9.17, 15) is 10.1 Å². The van der Waals surface area contributed by atoms with Gasteiger partial charge in [0.15, 0.2) is 0 Å². The second-order valence-electron chi connectivity index (χ2n) is 2.41. The van der Waals surface area contributed by atoms with Crippen molar-refractivity contribution in [3.8, 4) is 0 Å². The summed E-state index contributed by atoms with van der Waals surface area (Å²) >= 11 is 4.73. The van der Waals surface area contributed by atoms with Gasteiger partial charge in [0.2, 0.25) is 0 Å². The predicted octanol–water partition coefficient (Wildman–Crippen LogP) is 3.50. The van der Waals surface area contributed by atoms with Crippen molar-refractivity contribution in [3.05, 3.63) is 55.9 Å². The van der Waals surface area contributed by atoms with Crippen LogP contribution in [0.5, 0.6) is 0 Å². The molecule has 0 saturated heterocycles. The van der Waals surface area contributed by atoms with Crippen molar-refractivity contribution in [1.82, 2.24) is 4.98 Å². The number of nitro benzene ring substituents is 1. The molecule has 0 atom stereocenters. The molecule has 2 aromatic rings. The molecule has 78 valence electrons. The van der Waals surface area contributed by atoms with E-state index in [0.29, 0.717) is 0 Å². The van der Waals surface area contributed by atoms with E-state index in [1.807, 2.05) is 5.38 Å². The lowest BCUT2D eigenvalue weighted by Crippen LogP contribution is -1.85. The minimum absolute atomic E-state index is 0.106. The van der Waals surface area contributed by atoms with E-state index >= 15 is 0 Å². The van der Waals surface area contributed by atoms with E-state index in [1.165, 1.54) is 12.1 Å². The molecule has 15 heavy (non-hydrogen) atoms. The average molecular weight is 287 g/mol. The van der Waals surface area contributed by atoms with Crippen LogP contribution in [0.2, 0.25) is 0 Å². The van der Waals surface area contributed by atoms with Gasteiger partial charge in [-0.25, -0.2) is 0 Å². The molecule has 0 fully saturated rings. The van der Waals surface area contributed by atoms with E-state index in [0.717, 1.165) is 4.47 Å². The number of halogens is 1. The number of non-ortho nitro benzene ring substituents is 1. The molecule has 1 aromatic heterocycles. The Kier molecular flexibility index (Phi) is 4.92. The van der Waals surface area contributed by atoms with Gasteiger partial charge >= 0.3 is 0 Å². The van der Waals surface area contributed by atoms with Crippen LogP contribution in [-0.2, 0) is 0 Å². The van der Waals surface area contributed by atoms with Crippen molar-refractivity contribution < 1.29 is 4.92 Å². The summed E-state index contributed by atoms with van der Waals surface area (Å²) in [6.45, 7) is 0. The summed E-state index contributed by atoms with van der Waals surface area (Å²) in [6, 6.07) is 6.28. The maximum absolute atomic E-state index is 10.1. The summed E-state index contributed by atoms with van der Waals surface area (Å²) in [7, 11) is 0. The van der Waals surface area contributed by atoms with Gasteiger partial charge in [0, 0.05) is 28.2 Å². The third kappa shape index (κ3) is 4.66. The average Bonchev–Trinajstić information content (AvgIpc) is 2.75. The fourth-order valence-electron chi connectivity index (χ4n) is 0.765. The van der Waals surface area contributed by atoms with E-state index in [1.54, 1.807) is 35.2 Å². The van der Waals surface area contributed by atoms with Crippen molar-refractivity contribution in [2.75, 3.05) is 0 Å². The van der Waals surface area contributed by atoms with Crippen LogP contribution in [-0.4, -0.2) is 9.91 Å². The van der Waals surface area contributed by atoms with Crippen LogP contribution in [0, 0.1) is 10.1 Å². The van der Waals surface area contributed by atoms with Crippen LogP contribution >= 0.6 is 27.3 Å². The second kappa shape index (κ2) is 6.26. The Morgan fingerprint density at radius 2 is 2.27 bits per heavy atom. The fraction of sp³-hybridized carbons (Fsp3) is 0. The molecule has 0 aliphatic heterocycles. The number of hydrogen-bond donors (Lipinski definition) is 0. The summed E-state index contributed by atoms with van der Waals surface area (Å²) in [5, 5.41) is 12.1. The first kappa shape index (κ1) is 11.8. The van der Waals surface area contributed by atoms with Crippen molar-refractivity contribution >= 4 is 33.0 Å². The van der Waals surface area contributed by atoms with Gasteiger partial charge < -0.3 is 0 Å². The molecule has 0 aliphatic rings. The Hall–Kier alpha value is -1.27. The van der Waals surface area contributed by atoms with Crippen molar-refractivity contribution in [2.45, 2.75) is 0 Å². The number of nitro groups is 1. The minimum Gasteiger partial charge on any atom is -0.258 e. The molecule has 1 aromatic carbocycles. The maximum atomic E-state index is 10.1. The predicted molar refractivity (Wildman–Crippen MR) is 62.9 cm³/mol. The molecule has 0 bridgehead atoms. The molecule has 0 N–H and O–H groups in total. The SMILES string of the molecule is O=[N+]([O-])c1cccc(Br)c1.c1cscn1. The summed E-state index contributed by atoms with van der Waals surface area (Å²) in [6.07, 6.45) is 1.77. The normalized spacial score (nSPS) is 8.87. The van der Waals surface area contributed by atoms with Gasteiger partial charge in [-0.1, -0.05) is 22.0 Å². The molecular weight excluding hydrogens is 280 g/mol. The second-order valence-corrected chi connectivity index (χ2v) is 4.08. The highest BCUT2D eigenvalue weighted by Gasteiger charge is 2.02. The molecule has 0 saturated carbocycles. The first-order valence-electron chi connectivity index (χ1n) is 3.92. The maximum Gasteiger partial charge on any atom is 0.270 e. The highest BCUT2D eigenvalue weighted by Crippen LogP contribution is 2.16. The largest absolute Gasteiger partial charge is 0.270 e. The van der Waals surface area contributed by atoms with Crippen LogP contribution in [0.3, 0.4) is 0 Å². The van der Waals surface area contributed by atoms with E-state index in [2.05, 4.69) is 20.9 Å². The van der Waals surface area contributed by atoms with Crippen molar-refractivity contribution in [3.63, 3.8) is 0 Å². The van der Waals surface area contributed by atoms with Gasteiger partial charge in [0.25, 0.3) is 5.69 Å². The zero-order chi connectivity index (χ0) is 11.1. The molecule has 2 rings (SSSR count). The van der Waals surface area contributed by atoms with Crippen LogP contribution in [0.25, 0.3) is 0 Å². The third-order valence-corrected chi connectivity index (χ3v) is 2.38. The zero-order valence-electron chi connectivity index (χ0n) is 7.54. The highest BCUT2D eigenvalue weighted by molar-refractivity contribution is 9.10. The molecule has 0 radical (unpaired) electrons. The Bertz CT molecular complexity index is 403. The smallest absolute Gasteiger partial charge is 0.258 e. The highest BCUT2D eigenvalue weighted by atomic mass is 79.9. The van der Waals surface area contributed by atoms with Crippen LogP contribution < -0.4 is 0 Å². The van der Waals surface area contributed by atoms with Gasteiger partial charge in [0.05, 0.1) is 10.4 Å². The van der Waals surface area contributed by atoms with E-state index in [-0.39, 0.29) is 5.69 Å². The molecule has 0 spiro atoms. The molecule has 6 heteroatoms.